The van der Waals surface area contributed by atoms with Crippen molar-refractivity contribution in [2.24, 2.45) is 0 Å². The predicted octanol–water partition coefficient (Wildman–Crippen LogP) is 4.48. The van der Waals surface area contributed by atoms with Gasteiger partial charge < -0.3 is 4.74 Å². The fourth-order valence-corrected chi connectivity index (χ4v) is 2.10. The second-order valence-electron chi connectivity index (χ2n) is 4.74. The Hall–Kier alpha value is -2.29. The SMILES string of the molecule is CCc1cccc(C)c1NC(=O)Oc1ccccc1C. The number of rotatable bonds is 3. The lowest BCUT2D eigenvalue weighted by molar-refractivity contribution is 0.215. The fraction of sp³-hybridized carbons (Fsp3) is 0.235. The molecular weight excluding hydrogens is 250 g/mol. The number of nitrogens with one attached hydrogen (secondary N) is 1. The number of benzene rings is 2. The normalized spacial score (nSPS) is 10.2. The van der Waals surface area contributed by atoms with Crippen molar-refractivity contribution < 1.29 is 9.53 Å². The van der Waals surface area contributed by atoms with Gasteiger partial charge in [-0.05, 0) is 43.0 Å². The van der Waals surface area contributed by atoms with Gasteiger partial charge in [-0.2, -0.15) is 0 Å². The molecule has 0 aliphatic rings. The molecule has 104 valence electrons. The number of carbonyl (C=O) groups excluding carboxylic acids is 1. The Labute approximate surface area is 119 Å². The molecule has 0 atom stereocenters. The molecule has 0 heterocycles. The standard InChI is InChI=1S/C17H19NO2/c1-4-14-10-7-9-13(3)16(14)18-17(19)20-15-11-6-5-8-12(15)2/h5-11H,4H2,1-3H3,(H,18,19). The van der Waals surface area contributed by atoms with Gasteiger partial charge in [0.25, 0.3) is 0 Å². The number of carbonyl (C=O) groups is 1. The van der Waals surface area contributed by atoms with E-state index in [2.05, 4.69) is 12.2 Å². The fourth-order valence-electron chi connectivity index (χ4n) is 2.10. The van der Waals surface area contributed by atoms with Crippen LogP contribution in [0.1, 0.15) is 23.6 Å². The van der Waals surface area contributed by atoms with E-state index in [1.165, 1.54) is 0 Å². The summed E-state index contributed by atoms with van der Waals surface area (Å²) >= 11 is 0. The van der Waals surface area contributed by atoms with Gasteiger partial charge in [0.1, 0.15) is 5.75 Å². The Morgan fingerprint density at radius 2 is 1.75 bits per heavy atom. The van der Waals surface area contributed by atoms with Crippen molar-refractivity contribution in [2.45, 2.75) is 27.2 Å². The maximum Gasteiger partial charge on any atom is 0.417 e. The number of hydrogen-bond donors (Lipinski definition) is 1. The van der Waals surface area contributed by atoms with Gasteiger partial charge in [0.05, 0.1) is 5.69 Å². The molecule has 0 saturated heterocycles. The minimum Gasteiger partial charge on any atom is -0.410 e. The van der Waals surface area contributed by atoms with Gasteiger partial charge in [-0.15, -0.1) is 0 Å². The molecule has 2 aromatic carbocycles. The van der Waals surface area contributed by atoms with Crippen LogP contribution in [0.4, 0.5) is 10.5 Å². The van der Waals surface area contributed by atoms with E-state index in [1.807, 2.05) is 50.2 Å². The summed E-state index contributed by atoms with van der Waals surface area (Å²) in [7, 11) is 0. The monoisotopic (exact) mass is 269 g/mol. The van der Waals surface area contributed by atoms with Crippen LogP contribution in [-0.4, -0.2) is 6.09 Å². The third-order valence-corrected chi connectivity index (χ3v) is 3.26. The zero-order valence-corrected chi connectivity index (χ0v) is 12.1. The summed E-state index contributed by atoms with van der Waals surface area (Å²) in [4.78, 5) is 12.0. The average Bonchev–Trinajstić information content (AvgIpc) is 2.43. The minimum atomic E-state index is -0.455. The van der Waals surface area contributed by atoms with Crippen molar-refractivity contribution in [1.29, 1.82) is 0 Å². The minimum absolute atomic E-state index is 0.455. The summed E-state index contributed by atoms with van der Waals surface area (Å²) in [5, 5.41) is 2.84. The van der Waals surface area contributed by atoms with Crippen LogP contribution in [0.2, 0.25) is 0 Å². The van der Waals surface area contributed by atoms with Gasteiger partial charge in [-0.25, -0.2) is 4.79 Å². The summed E-state index contributed by atoms with van der Waals surface area (Å²) in [6, 6.07) is 13.4. The van der Waals surface area contributed by atoms with Crippen molar-refractivity contribution in [1.82, 2.24) is 0 Å². The molecule has 0 fully saturated rings. The summed E-state index contributed by atoms with van der Waals surface area (Å²) < 4.78 is 5.35. The van der Waals surface area contributed by atoms with Crippen LogP contribution in [0.15, 0.2) is 42.5 Å². The molecule has 20 heavy (non-hydrogen) atoms. The van der Waals surface area contributed by atoms with Crippen molar-refractivity contribution >= 4 is 11.8 Å². The zero-order chi connectivity index (χ0) is 14.5. The van der Waals surface area contributed by atoms with Gasteiger partial charge in [-0.3, -0.25) is 5.32 Å². The summed E-state index contributed by atoms with van der Waals surface area (Å²) in [5.41, 5.74) is 3.91. The third-order valence-electron chi connectivity index (χ3n) is 3.26. The molecule has 1 N–H and O–H groups in total. The van der Waals surface area contributed by atoms with Crippen molar-refractivity contribution in [3.8, 4) is 5.75 Å². The molecule has 0 bridgehead atoms. The van der Waals surface area contributed by atoms with Crippen LogP contribution in [0, 0.1) is 13.8 Å². The molecule has 0 aromatic heterocycles. The van der Waals surface area contributed by atoms with E-state index in [4.69, 9.17) is 4.74 Å². The Kier molecular flexibility index (Phi) is 4.41. The number of aryl methyl sites for hydroxylation is 3. The number of ether oxygens (including phenoxy) is 1. The van der Waals surface area contributed by atoms with Gasteiger partial charge >= 0.3 is 6.09 Å². The predicted molar refractivity (Wildman–Crippen MR) is 81.4 cm³/mol. The van der Waals surface area contributed by atoms with E-state index in [0.717, 1.165) is 28.8 Å². The van der Waals surface area contributed by atoms with Crippen LogP contribution in [0.3, 0.4) is 0 Å². The van der Waals surface area contributed by atoms with Crippen LogP contribution < -0.4 is 10.1 Å². The molecule has 0 saturated carbocycles. The van der Waals surface area contributed by atoms with E-state index in [0.29, 0.717) is 5.75 Å². The quantitative estimate of drug-likeness (QED) is 0.892. The molecule has 0 spiro atoms. The smallest absolute Gasteiger partial charge is 0.410 e. The van der Waals surface area contributed by atoms with Crippen LogP contribution in [-0.2, 0) is 6.42 Å². The van der Waals surface area contributed by atoms with E-state index >= 15 is 0 Å². The van der Waals surface area contributed by atoms with Gasteiger partial charge in [-0.1, -0.05) is 43.3 Å². The molecule has 0 unspecified atom stereocenters. The highest BCUT2D eigenvalue weighted by molar-refractivity contribution is 5.88. The Bertz CT molecular complexity index is 620. The van der Waals surface area contributed by atoms with E-state index in [-0.39, 0.29) is 0 Å². The van der Waals surface area contributed by atoms with Crippen LogP contribution >= 0.6 is 0 Å². The zero-order valence-electron chi connectivity index (χ0n) is 12.1. The Morgan fingerprint density at radius 3 is 2.45 bits per heavy atom. The number of hydrogen-bond acceptors (Lipinski definition) is 2. The maximum atomic E-state index is 12.0. The molecule has 1 amide bonds. The lowest BCUT2D eigenvalue weighted by atomic mass is 10.1. The molecule has 0 aliphatic heterocycles. The van der Waals surface area contributed by atoms with E-state index in [1.54, 1.807) is 6.07 Å². The summed E-state index contributed by atoms with van der Waals surface area (Å²) in [5.74, 6) is 0.580. The average molecular weight is 269 g/mol. The highest BCUT2D eigenvalue weighted by Gasteiger charge is 2.11. The summed E-state index contributed by atoms with van der Waals surface area (Å²) in [6.07, 6.45) is 0.407. The second-order valence-corrected chi connectivity index (χ2v) is 4.74. The van der Waals surface area contributed by atoms with E-state index in [9.17, 15) is 4.79 Å². The topological polar surface area (TPSA) is 38.3 Å². The first-order valence-electron chi connectivity index (χ1n) is 6.74. The lowest BCUT2D eigenvalue weighted by Gasteiger charge is -2.13. The third kappa shape index (κ3) is 3.18. The first-order valence-corrected chi connectivity index (χ1v) is 6.74. The largest absolute Gasteiger partial charge is 0.417 e. The molecule has 0 radical (unpaired) electrons. The first-order chi connectivity index (χ1) is 9.61. The Morgan fingerprint density at radius 1 is 1.05 bits per heavy atom. The van der Waals surface area contributed by atoms with Crippen molar-refractivity contribution in [3.63, 3.8) is 0 Å². The van der Waals surface area contributed by atoms with Gasteiger partial charge in [0.2, 0.25) is 0 Å². The maximum absolute atomic E-state index is 12.0. The molecule has 3 nitrogen and oxygen atoms in total. The van der Waals surface area contributed by atoms with Gasteiger partial charge in [0.15, 0.2) is 0 Å². The Balaban J connectivity index is 2.15. The molecule has 0 aliphatic carbocycles. The van der Waals surface area contributed by atoms with Crippen molar-refractivity contribution in [3.05, 3.63) is 59.2 Å². The highest BCUT2D eigenvalue weighted by atomic mass is 16.6. The number of para-hydroxylation sites is 2. The molecular formula is C17H19NO2. The highest BCUT2D eigenvalue weighted by Crippen LogP contribution is 2.22. The van der Waals surface area contributed by atoms with Gasteiger partial charge in [0, 0.05) is 0 Å². The second kappa shape index (κ2) is 6.24. The number of anilines is 1. The number of amides is 1. The molecule has 2 aromatic rings. The van der Waals surface area contributed by atoms with Crippen molar-refractivity contribution in [2.75, 3.05) is 5.32 Å². The van der Waals surface area contributed by atoms with Crippen LogP contribution in [0.5, 0.6) is 5.75 Å². The first kappa shape index (κ1) is 14.1. The van der Waals surface area contributed by atoms with Crippen LogP contribution in [0.25, 0.3) is 0 Å². The van der Waals surface area contributed by atoms with E-state index < -0.39 is 6.09 Å². The lowest BCUT2D eigenvalue weighted by Crippen LogP contribution is -2.18. The summed E-state index contributed by atoms with van der Waals surface area (Å²) in [6.45, 7) is 5.95. The molecule has 2 rings (SSSR count). The molecule has 3 heteroatoms.